The lowest BCUT2D eigenvalue weighted by Gasteiger charge is -2.11. The van der Waals surface area contributed by atoms with Gasteiger partial charge in [-0.05, 0) is 40.2 Å². The zero-order valence-corrected chi connectivity index (χ0v) is 12.6. The molecular formula is C11H9BrClN3O2S. The summed E-state index contributed by atoms with van der Waals surface area (Å²) in [6.45, 7) is 0. The number of nitrogen functional groups attached to an aromatic ring is 1. The van der Waals surface area contributed by atoms with Gasteiger partial charge in [0.1, 0.15) is 4.90 Å². The average Bonchev–Trinajstić information content (AvgIpc) is 2.33. The second kappa shape index (κ2) is 5.36. The number of anilines is 2. The SMILES string of the molecule is Nc1ccncc1S(=O)(=O)Nc1ccc(Cl)cc1Br. The van der Waals surface area contributed by atoms with Crippen LogP contribution < -0.4 is 10.5 Å². The van der Waals surface area contributed by atoms with Crippen molar-refractivity contribution >= 4 is 48.9 Å². The van der Waals surface area contributed by atoms with Crippen molar-refractivity contribution in [1.29, 1.82) is 0 Å². The Kier molecular flexibility index (Phi) is 3.98. The molecule has 0 unspecified atom stereocenters. The first-order chi connectivity index (χ1) is 8.90. The van der Waals surface area contributed by atoms with E-state index in [4.69, 9.17) is 17.3 Å². The van der Waals surface area contributed by atoms with E-state index in [2.05, 4.69) is 25.6 Å². The maximum Gasteiger partial charge on any atom is 0.265 e. The third kappa shape index (κ3) is 3.17. The van der Waals surface area contributed by atoms with Crippen LogP contribution in [-0.4, -0.2) is 13.4 Å². The first-order valence-electron chi connectivity index (χ1n) is 5.07. The quantitative estimate of drug-likeness (QED) is 0.879. The Morgan fingerprint density at radius 2 is 2.05 bits per heavy atom. The van der Waals surface area contributed by atoms with E-state index in [1.165, 1.54) is 18.5 Å². The van der Waals surface area contributed by atoms with Crippen molar-refractivity contribution in [2.75, 3.05) is 10.5 Å². The van der Waals surface area contributed by atoms with E-state index in [0.29, 0.717) is 15.2 Å². The summed E-state index contributed by atoms with van der Waals surface area (Å²) in [4.78, 5) is 3.69. The molecule has 0 amide bonds. The van der Waals surface area contributed by atoms with Gasteiger partial charge in [-0.3, -0.25) is 9.71 Å². The fraction of sp³-hybridized carbons (Fsp3) is 0. The lowest BCUT2D eigenvalue weighted by molar-refractivity contribution is 0.601. The molecular weight excluding hydrogens is 354 g/mol. The molecule has 0 saturated carbocycles. The summed E-state index contributed by atoms with van der Waals surface area (Å²) in [5.74, 6) is 0. The molecule has 8 heteroatoms. The van der Waals surface area contributed by atoms with Gasteiger partial charge in [-0.15, -0.1) is 0 Å². The molecule has 0 aliphatic carbocycles. The van der Waals surface area contributed by atoms with Crippen LogP contribution in [0.1, 0.15) is 0 Å². The lowest BCUT2D eigenvalue weighted by atomic mass is 10.3. The molecule has 2 aromatic rings. The van der Waals surface area contributed by atoms with Crippen molar-refractivity contribution in [3.63, 3.8) is 0 Å². The number of nitrogens with zero attached hydrogens (tertiary/aromatic N) is 1. The molecule has 0 fully saturated rings. The van der Waals surface area contributed by atoms with Crippen molar-refractivity contribution in [2.45, 2.75) is 4.90 Å². The van der Waals surface area contributed by atoms with E-state index >= 15 is 0 Å². The Morgan fingerprint density at radius 3 is 2.68 bits per heavy atom. The van der Waals surface area contributed by atoms with Crippen LogP contribution in [0.3, 0.4) is 0 Å². The van der Waals surface area contributed by atoms with Gasteiger partial charge in [-0.25, -0.2) is 8.42 Å². The van der Waals surface area contributed by atoms with E-state index in [0.717, 1.165) is 0 Å². The van der Waals surface area contributed by atoms with Gasteiger partial charge in [-0.1, -0.05) is 11.6 Å². The normalized spacial score (nSPS) is 11.3. The third-order valence-corrected chi connectivity index (χ3v) is 4.58. The first kappa shape index (κ1) is 14.1. The van der Waals surface area contributed by atoms with Crippen LogP contribution in [0.15, 0.2) is 46.0 Å². The number of nitrogens with one attached hydrogen (secondary N) is 1. The summed E-state index contributed by atoms with van der Waals surface area (Å²) in [7, 11) is -3.79. The molecule has 19 heavy (non-hydrogen) atoms. The smallest absolute Gasteiger partial charge is 0.265 e. The highest BCUT2D eigenvalue weighted by atomic mass is 79.9. The fourth-order valence-electron chi connectivity index (χ4n) is 1.39. The Morgan fingerprint density at radius 1 is 1.32 bits per heavy atom. The lowest BCUT2D eigenvalue weighted by Crippen LogP contribution is -2.15. The molecule has 0 aliphatic heterocycles. The molecule has 0 atom stereocenters. The number of nitrogens with two attached hydrogens (primary N) is 1. The highest BCUT2D eigenvalue weighted by Gasteiger charge is 2.18. The molecule has 2 rings (SSSR count). The average molecular weight is 363 g/mol. The van der Waals surface area contributed by atoms with Crippen molar-refractivity contribution in [3.8, 4) is 0 Å². The second-order valence-corrected chi connectivity index (χ2v) is 6.58. The van der Waals surface area contributed by atoms with E-state index in [1.54, 1.807) is 18.2 Å². The second-order valence-electron chi connectivity index (χ2n) is 3.64. The number of hydrogen-bond donors (Lipinski definition) is 2. The Bertz CT molecular complexity index is 722. The number of rotatable bonds is 3. The Balaban J connectivity index is 2.40. The molecule has 0 bridgehead atoms. The third-order valence-electron chi connectivity index (χ3n) is 2.28. The fourth-order valence-corrected chi connectivity index (χ4v) is 3.46. The largest absolute Gasteiger partial charge is 0.398 e. The van der Waals surface area contributed by atoms with Crippen LogP contribution >= 0.6 is 27.5 Å². The van der Waals surface area contributed by atoms with Gasteiger partial charge in [0.05, 0.1) is 11.4 Å². The zero-order valence-electron chi connectivity index (χ0n) is 9.47. The van der Waals surface area contributed by atoms with Gasteiger partial charge in [0, 0.05) is 21.9 Å². The monoisotopic (exact) mass is 361 g/mol. The maximum atomic E-state index is 12.2. The molecule has 1 aromatic carbocycles. The molecule has 0 aliphatic rings. The van der Waals surface area contributed by atoms with E-state index in [9.17, 15) is 8.42 Å². The van der Waals surface area contributed by atoms with Crippen molar-refractivity contribution in [1.82, 2.24) is 4.98 Å². The molecule has 0 saturated heterocycles. The zero-order chi connectivity index (χ0) is 14.0. The molecule has 1 heterocycles. The van der Waals surface area contributed by atoms with Crippen LogP contribution in [0.25, 0.3) is 0 Å². The molecule has 1 aromatic heterocycles. The molecule has 5 nitrogen and oxygen atoms in total. The summed E-state index contributed by atoms with van der Waals surface area (Å²) >= 11 is 9.03. The highest BCUT2D eigenvalue weighted by Crippen LogP contribution is 2.28. The highest BCUT2D eigenvalue weighted by molar-refractivity contribution is 9.10. The van der Waals surface area contributed by atoms with Gasteiger partial charge < -0.3 is 5.73 Å². The predicted molar refractivity (Wildman–Crippen MR) is 78.6 cm³/mol. The van der Waals surface area contributed by atoms with Gasteiger partial charge in [0.25, 0.3) is 10.0 Å². The minimum absolute atomic E-state index is 0.0724. The summed E-state index contributed by atoms with van der Waals surface area (Å²) in [5.41, 5.74) is 6.13. The van der Waals surface area contributed by atoms with Gasteiger partial charge in [0.15, 0.2) is 0 Å². The summed E-state index contributed by atoms with van der Waals surface area (Å²) in [6, 6.07) is 6.14. The number of hydrogen-bond acceptors (Lipinski definition) is 4. The number of benzene rings is 1. The van der Waals surface area contributed by atoms with E-state index < -0.39 is 10.0 Å². The van der Waals surface area contributed by atoms with E-state index in [-0.39, 0.29) is 10.6 Å². The van der Waals surface area contributed by atoms with Crippen LogP contribution in [-0.2, 0) is 10.0 Å². The van der Waals surface area contributed by atoms with Crippen LogP contribution in [0.4, 0.5) is 11.4 Å². The number of sulfonamides is 1. The molecule has 3 N–H and O–H groups in total. The Hall–Kier alpha value is -1.31. The van der Waals surface area contributed by atoms with Crippen LogP contribution in [0.5, 0.6) is 0 Å². The predicted octanol–water partition coefficient (Wildman–Crippen LogP) is 2.88. The van der Waals surface area contributed by atoms with Crippen LogP contribution in [0, 0.1) is 0 Å². The van der Waals surface area contributed by atoms with Gasteiger partial charge >= 0.3 is 0 Å². The minimum atomic E-state index is -3.79. The van der Waals surface area contributed by atoms with Crippen molar-refractivity contribution < 1.29 is 8.42 Å². The number of pyridine rings is 1. The number of halogens is 2. The maximum absolute atomic E-state index is 12.2. The summed E-state index contributed by atoms with van der Waals surface area (Å²) in [6.07, 6.45) is 2.62. The first-order valence-corrected chi connectivity index (χ1v) is 7.73. The van der Waals surface area contributed by atoms with Crippen molar-refractivity contribution in [2.24, 2.45) is 0 Å². The molecule has 0 radical (unpaired) electrons. The van der Waals surface area contributed by atoms with Crippen molar-refractivity contribution in [3.05, 3.63) is 46.2 Å². The van der Waals surface area contributed by atoms with Crippen LogP contribution in [0.2, 0.25) is 5.02 Å². The molecule has 100 valence electrons. The summed E-state index contributed by atoms with van der Waals surface area (Å²) < 4.78 is 27.3. The van der Waals surface area contributed by atoms with E-state index in [1.807, 2.05) is 0 Å². The summed E-state index contributed by atoms with van der Waals surface area (Å²) in [5, 5.41) is 0.496. The van der Waals surface area contributed by atoms with Gasteiger partial charge in [-0.2, -0.15) is 0 Å². The Labute approximate surface area is 124 Å². The number of aromatic nitrogens is 1. The van der Waals surface area contributed by atoms with Gasteiger partial charge in [0.2, 0.25) is 0 Å². The molecule has 0 spiro atoms. The standard InChI is InChI=1S/C11H9BrClN3O2S/c12-8-5-7(13)1-2-10(8)16-19(17,18)11-6-15-4-3-9(11)14/h1-6,16H,(H2,14,15). The minimum Gasteiger partial charge on any atom is -0.398 e. The topological polar surface area (TPSA) is 85.1 Å².